The molecule has 0 aromatic heterocycles. The van der Waals surface area contributed by atoms with Crippen molar-refractivity contribution in [1.29, 1.82) is 0 Å². The Morgan fingerprint density at radius 3 is 2.46 bits per heavy atom. The summed E-state index contributed by atoms with van der Waals surface area (Å²) < 4.78 is 16.6. The summed E-state index contributed by atoms with van der Waals surface area (Å²) in [6.45, 7) is 6.39. The summed E-state index contributed by atoms with van der Waals surface area (Å²) in [7, 11) is 0. The Balaban J connectivity index is 2.29. The van der Waals surface area contributed by atoms with Gasteiger partial charge >= 0.3 is 0 Å². The van der Waals surface area contributed by atoms with Gasteiger partial charge in [0.25, 0.3) is 5.97 Å². The van der Waals surface area contributed by atoms with E-state index in [0.717, 1.165) is 45.5 Å². The van der Waals surface area contributed by atoms with Crippen LogP contribution >= 0.6 is 0 Å². The molecule has 0 aromatic rings. The monoisotopic (exact) mass is 188 g/mol. The summed E-state index contributed by atoms with van der Waals surface area (Å²) in [5, 5.41) is 0. The maximum atomic E-state index is 5.62. The maximum Gasteiger partial charge on any atom is 0.282 e. The molecule has 0 bridgehead atoms. The van der Waals surface area contributed by atoms with Crippen LogP contribution in [-0.2, 0) is 14.2 Å². The Morgan fingerprint density at radius 2 is 1.92 bits per heavy atom. The van der Waals surface area contributed by atoms with Gasteiger partial charge in [0.2, 0.25) is 0 Å². The van der Waals surface area contributed by atoms with Gasteiger partial charge in [-0.25, -0.2) is 0 Å². The van der Waals surface area contributed by atoms with Gasteiger partial charge in [-0.1, -0.05) is 20.3 Å². The molecule has 78 valence electrons. The molecule has 3 heteroatoms. The van der Waals surface area contributed by atoms with Crippen LogP contribution in [0.4, 0.5) is 0 Å². The van der Waals surface area contributed by atoms with E-state index in [-0.39, 0.29) is 0 Å². The van der Waals surface area contributed by atoms with Crippen molar-refractivity contribution >= 4 is 0 Å². The number of unbranched alkanes of at least 4 members (excludes halogenated alkanes) is 1. The van der Waals surface area contributed by atoms with Crippen molar-refractivity contribution in [3.63, 3.8) is 0 Å². The van der Waals surface area contributed by atoms with E-state index < -0.39 is 5.97 Å². The van der Waals surface area contributed by atoms with Crippen LogP contribution < -0.4 is 0 Å². The van der Waals surface area contributed by atoms with E-state index >= 15 is 0 Å². The van der Waals surface area contributed by atoms with E-state index in [1.165, 1.54) is 0 Å². The summed E-state index contributed by atoms with van der Waals surface area (Å²) >= 11 is 0. The minimum absolute atomic E-state index is 0.727. The minimum atomic E-state index is -0.729. The Labute approximate surface area is 80.4 Å². The van der Waals surface area contributed by atoms with Crippen LogP contribution in [-0.4, -0.2) is 25.8 Å². The summed E-state index contributed by atoms with van der Waals surface area (Å²) in [4.78, 5) is 0. The highest BCUT2D eigenvalue weighted by Crippen LogP contribution is 2.24. The molecule has 1 heterocycles. The van der Waals surface area contributed by atoms with Gasteiger partial charge in [-0.3, -0.25) is 0 Å². The average molecular weight is 188 g/mol. The Hall–Kier alpha value is -0.120. The second-order valence-electron chi connectivity index (χ2n) is 3.29. The van der Waals surface area contributed by atoms with Crippen LogP contribution in [0.2, 0.25) is 0 Å². The third-order valence-electron chi connectivity index (χ3n) is 2.19. The normalized spacial score (nSPS) is 21.7. The van der Waals surface area contributed by atoms with Crippen molar-refractivity contribution in [2.24, 2.45) is 0 Å². The number of rotatable bonds is 5. The molecule has 1 aliphatic rings. The zero-order valence-corrected chi connectivity index (χ0v) is 8.67. The largest absolute Gasteiger partial charge is 0.327 e. The predicted molar refractivity (Wildman–Crippen MR) is 50.4 cm³/mol. The van der Waals surface area contributed by atoms with Crippen LogP contribution in [0, 0.1) is 0 Å². The third kappa shape index (κ3) is 3.25. The second-order valence-corrected chi connectivity index (χ2v) is 3.29. The fourth-order valence-electron chi connectivity index (χ4n) is 1.32. The molecule has 0 saturated carbocycles. The first-order valence-corrected chi connectivity index (χ1v) is 5.25. The maximum absolute atomic E-state index is 5.62. The lowest BCUT2D eigenvalue weighted by Gasteiger charge is -2.35. The quantitative estimate of drug-likeness (QED) is 0.620. The van der Waals surface area contributed by atoms with Gasteiger partial charge in [-0.05, 0) is 12.8 Å². The predicted octanol–water partition coefficient (Wildman–Crippen LogP) is 2.30. The molecule has 0 spiro atoms. The van der Waals surface area contributed by atoms with E-state index in [4.69, 9.17) is 14.2 Å². The standard InChI is InChI=1S/C10H20O3/c1-3-5-7-11-10(4-2)12-8-6-9-13-10/h3-9H2,1-2H3. The van der Waals surface area contributed by atoms with E-state index in [2.05, 4.69) is 6.92 Å². The lowest BCUT2D eigenvalue weighted by atomic mass is 10.3. The minimum Gasteiger partial charge on any atom is -0.327 e. The van der Waals surface area contributed by atoms with Gasteiger partial charge in [0.1, 0.15) is 0 Å². The van der Waals surface area contributed by atoms with Crippen LogP contribution in [0.25, 0.3) is 0 Å². The highest BCUT2D eigenvalue weighted by Gasteiger charge is 2.33. The molecule has 0 unspecified atom stereocenters. The molecule has 1 fully saturated rings. The molecule has 0 atom stereocenters. The van der Waals surface area contributed by atoms with E-state index in [1.54, 1.807) is 0 Å². The molecule has 13 heavy (non-hydrogen) atoms. The molecule has 0 aromatic carbocycles. The highest BCUT2D eigenvalue weighted by molar-refractivity contribution is 4.59. The SMILES string of the molecule is CCCCOC1(CC)OCCCO1. The summed E-state index contributed by atoms with van der Waals surface area (Å²) in [6, 6.07) is 0. The van der Waals surface area contributed by atoms with Gasteiger partial charge in [0.05, 0.1) is 19.8 Å². The van der Waals surface area contributed by atoms with Crippen molar-refractivity contribution in [1.82, 2.24) is 0 Å². The van der Waals surface area contributed by atoms with E-state index in [1.807, 2.05) is 6.92 Å². The van der Waals surface area contributed by atoms with Crippen molar-refractivity contribution in [3.8, 4) is 0 Å². The molecule has 1 rings (SSSR count). The highest BCUT2D eigenvalue weighted by atomic mass is 16.9. The number of hydrogen-bond acceptors (Lipinski definition) is 3. The number of ether oxygens (including phenoxy) is 3. The third-order valence-corrected chi connectivity index (χ3v) is 2.19. The summed E-state index contributed by atoms with van der Waals surface area (Å²) in [5.41, 5.74) is 0. The van der Waals surface area contributed by atoms with Crippen molar-refractivity contribution < 1.29 is 14.2 Å². The summed E-state index contributed by atoms with van der Waals surface area (Å²) in [6.07, 6.45) is 3.93. The molecular weight excluding hydrogens is 168 g/mol. The van der Waals surface area contributed by atoms with Gasteiger partial charge in [-0.15, -0.1) is 0 Å². The smallest absolute Gasteiger partial charge is 0.282 e. The molecule has 0 radical (unpaired) electrons. The molecule has 0 N–H and O–H groups in total. The average Bonchev–Trinajstić information content (AvgIpc) is 2.20. The fourth-order valence-corrected chi connectivity index (χ4v) is 1.32. The van der Waals surface area contributed by atoms with Crippen LogP contribution in [0.15, 0.2) is 0 Å². The zero-order valence-electron chi connectivity index (χ0n) is 8.67. The van der Waals surface area contributed by atoms with Gasteiger partial charge < -0.3 is 14.2 Å². The Morgan fingerprint density at radius 1 is 1.23 bits per heavy atom. The first kappa shape index (κ1) is 11.0. The molecule has 3 nitrogen and oxygen atoms in total. The van der Waals surface area contributed by atoms with Gasteiger partial charge in [0.15, 0.2) is 0 Å². The first-order chi connectivity index (χ1) is 6.33. The van der Waals surface area contributed by atoms with Gasteiger partial charge in [0, 0.05) is 6.42 Å². The van der Waals surface area contributed by atoms with Crippen LogP contribution in [0.3, 0.4) is 0 Å². The molecule has 1 aliphatic heterocycles. The van der Waals surface area contributed by atoms with E-state index in [0.29, 0.717) is 0 Å². The first-order valence-electron chi connectivity index (χ1n) is 5.25. The number of hydrogen-bond donors (Lipinski definition) is 0. The fraction of sp³-hybridized carbons (Fsp3) is 1.00. The summed E-state index contributed by atoms with van der Waals surface area (Å²) in [5.74, 6) is -0.729. The molecule has 0 aliphatic carbocycles. The second kappa shape index (κ2) is 5.58. The van der Waals surface area contributed by atoms with Crippen molar-refractivity contribution in [3.05, 3.63) is 0 Å². The zero-order chi connectivity index (χ0) is 9.57. The Kier molecular flexibility index (Phi) is 4.70. The van der Waals surface area contributed by atoms with Crippen LogP contribution in [0.1, 0.15) is 39.5 Å². The van der Waals surface area contributed by atoms with Gasteiger partial charge in [-0.2, -0.15) is 0 Å². The van der Waals surface area contributed by atoms with Crippen LogP contribution in [0.5, 0.6) is 0 Å². The molecular formula is C10H20O3. The molecule has 1 saturated heterocycles. The molecule has 0 amide bonds. The van der Waals surface area contributed by atoms with Crippen molar-refractivity contribution in [2.45, 2.75) is 45.5 Å². The topological polar surface area (TPSA) is 27.7 Å². The lowest BCUT2D eigenvalue weighted by Crippen LogP contribution is -2.42. The Bertz CT molecular complexity index is 130. The van der Waals surface area contributed by atoms with Crippen molar-refractivity contribution in [2.75, 3.05) is 19.8 Å². The van der Waals surface area contributed by atoms with E-state index in [9.17, 15) is 0 Å². The lowest BCUT2D eigenvalue weighted by molar-refractivity contribution is -0.400.